The number of carbonyl (C=O) groups is 2. The van der Waals surface area contributed by atoms with Crippen LogP contribution in [0.3, 0.4) is 0 Å². The van der Waals surface area contributed by atoms with Crippen LogP contribution >= 0.6 is 0 Å². The van der Waals surface area contributed by atoms with Crippen LogP contribution in [0.5, 0.6) is 0 Å². The molecular formula is C25H26FN5O2Si. The number of rotatable bonds is 5. The van der Waals surface area contributed by atoms with Gasteiger partial charge in [0.25, 0.3) is 5.91 Å². The molecule has 0 unspecified atom stereocenters. The van der Waals surface area contributed by atoms with E-state index in [9.17, 15) is 14.0 Å². The zero-order chi connectivity index (χ0) is 24.2. The number of anilines is 2. The van der Waals surface area contributed by atoms with Crippen LogP contribution in [0.4, 0.5) is 15.8 Å². The van der Waals surface area contributed by atoms with E-state index in [1.807, 2.05) is 37.4 Å². The highest BCUT2D eigenvalue weighted by molar-refractivity contribution is 6.37. The van der Waals surface area contributed by atoms with Crippen LogP contribution in [0.1, 0.15) is 16.9 Å². The third-order valence-corrected chi connectivity index (χ3v) is 7.33. The van der Waals surface area contributed by atoms with Gasteiger partial charge in [-0.15, -0.1) is 0 Å². The molecule has 174 valence electrons. The van der Waals surface area contributed by atoms with Crippen LogP contribution in [0.2, 0.25) is 0 Å². The molecule has 2 atom stereocenters. The highest BCUT2D eigenvalue weighted by Gasteiger charge is 2.28. The molecule has 0 aliphatic carbocycles. The van der Waals surface area contributed by atoms with E-state index in [0.29, 0.717) is 30.5 Å². The van der Waals surface area contributed by atoms with Gasteiger partial charge in [-0.3, -0.25) is 9.59 Å². The first-order valence-electron chi connectivity index (χ1n) is 11.0. The lowest BCUT2D eigenvalue weighted by atomic mass is 10.0. The fraction of sp³-hybridized carbons (Fsp3) is 0.240. The predicted octanol–water partition coefficient (Wildman–Crippen LogP) is 3.00. The van der Waals surface area contributed by atoms with E-state index in [2.05, 4.69) is 27.1 Å². The van der Waals surface area contributed by atoms with Crippen molar-refractivity contribution in [1.82, 2.24) is 15.2 Å². The molecule has 9 heteroatoms. The van der Waals surface area contributed by atoms with Gasteiger partial charge in [0, 0.05) is 16.6 Å². The highest BCUT2D eigenvalue weighted by Crippen LogP contribution is 2.29. The lowest BCUT2D eigenvalue weighted by Gasteiger charge is -2.20. The van der Waals surface area contributed by atoms with Crippen molar-refractivity contribution in [2.75, 3.05) is 30.8 Å². The Morgan fingerprint density at radius 2 is 2.09 bits per heavy atom. The highest BCUT2D eigenvalue weighted by atomic mass is 28.2. The number of nitrogen functional groups attached to an aromatic ring is 1. The van der Waals surface area contributed by atoms with Crippen molar-refractivity contribution < 1.29 is 14.0 Å². The quantitative estimate of drug-likeness (QED) is 0.389. The number of nitrogens with one attached hydrogen (secondary N) is 2. The molecule has 2 heterocycles. The smallest absolute Gasteiger partial charge is 0.272 e. The Labute approximate surface area is 200 Å². The van der Waals surface area contributed by atoms with Crippen molar-refractivity contribution in [2.45, 2.75) is 18.3 Å². The molecular weight excluding hydrogens is 449 g/mol. The Balaban J connectivity index is 1.63. The molecule has 4 N–H and O–H groups in total. The summed E-state index contributed by atoms with van der Waals surface area (Å²) >= 11 is 0. The van der Waals surface area contributed by atoms with Gasteiger partial charge in [0.05, 0.1) is 17.4 Å². The molecule has 0 saturated carbocycles. The maximum absolute atomic E-state index is 14.6. The molecule has 7 nitrogen and oxygen atoms in total. The molecule has 1 aliphatic rings. The number of fused-ring (bicyclic) bond motifs is 1. The summed E-state index contributed by atoms with van der Waals surface area (Å²) in [6.45, 7) is 4.21. The number of aromatic nitrogens is 1. The van der Waals surface area contributed by atoms with Crippen LogP contribution in [-0.2, 0) is 4.79 Å². The van der Waals surface area contributed by atoms with Gasteiger partial charge in [0.15, 0.2) is 5.69 Å². The zero-order valence-electron chi connectivity index (χ0n) is 18.8. The molecule has 2 aromatic carbocycles. The summed E-state index contributed by atoms with van der Waals surface area (Å²) in [5.41, 5.74) is 8.30. The van der Waals surface area contributed by atoms with Gasteiger partial charge < -0.3 is 21.3 Å². The van der Waals surface area contributed by atoms with Crippen molar-refractivity contribution in [3.05, 3.63) is 66.9 Å². The second kappa shape index (κ2) is 10.1. The molecule has 1 saturated heterocycles. The number of amides is 2. The van der Waals surface area contributed by atoms with Gasteiger partial charge in [-0.25, -0.2) is 9.37 Å². The summed E-state index contributed by atoms with van der Waals surface area (Å²) in [6, 6.07) is 14.1. The predicted molar refractivity (Wildman–Crippen MR) is 134 cm³/mol. The number of nitrogens with zero attached hydrogens (tertiary/aromatic N) is 2. The molecule has 2 amide bonds. The van der Waals surface area contributed by atoms with E-state index in [-0.39, 0.29) is 26.8 Å². The number of halogens is 1. The van der Waals surface area contributed by atoms with E-state index >= 15 is 0 Å². The van der Waals surface area contributed by atoms with E-state index in [1.54, 1.807) is 18.2 Å². The van der Waals surface area contributed by atoms with Crippen molar-refractivity contribution in [3.63, 3.8) is 0 Å². The summed E-state index contributed by atoms with van der Waals surface area (Å²) in [7, 11) is 2.05. The first-order valence-corrected chi connectivity index (χ1v) is 12.2. The van der Waals surface area contributed by atoms with Crippen molar-refractivity contribution in [1.29, 1.82) is 0 Å². The molecule has 3 aromatic rings. The van der Waals surface area contributed by atoms with Crippen LogP contribution in [0.25, 0.3) is 22.0 Å². The SMILES string of the molecule is C=CC(=O)Nc1cccc2ccc(-c3ccc(N)c(C(=O)N[C@@H]4CCN(C)C[Si][C@@H]4F)n3)cc12. The molecule has 1 fully saturated rings. The standard InChI is InChI=1S/C25H26FN5O2Si/c1-3-22(32)28-20-6-4-5-15-7-8-16(13-17(15)20)19-10-9-18(27)23(29-19)25(33)30-21-11-12-31(2)14-34-24(21)26/h3-10,13,21,24H,1,11-12,14,27H2,2H3,(H,28,32)(H,30,33)/t21-,24+/m1/s1. The van der Waals surface area contributed by atoms with Crippen molar-refractivity contribution in [2.24, 2.45) is 0 Å². The first-order chi connectivity index (χ1) is 16.4. The summed E-state index contributed by atoms with van der Waals surface area (Å²) in [4.78, 5) is 31.4. The number of alkyl halides is 1. The maximum atomic E-state index is 14.6. The Hall–Kier alpha value is -3.56. The molecule has 0 spiro atoms. The number of nitrogens with two attached hydrogens (primary N) is 1. The van der Waals surface area contributed by atoms with Crippen LogP contribution < -0.4 is 16.4 Å². The minimum atomic E-state index is -1.09. The zero-order valence-corrected chi connectivity index (χ0v) is 19.8. The third kappa shape index (κ3) is 5.16. The Bertz CT molecular complexity index is 1250. The molecule has 2 radical (unpaired) electrons. The summed E-state index contributed by atoms with van der Waals surface area (Å²) < 4.78 is 14.6. The minimum Gasteiger partial charge on any atom is -0.397 e. The van der Waals surface area contributed by atoms with E-state index in [1.165, 1.54) is 6.08 Å². The summed E-state index contributed by atoms with van der Waals surface area (Å²) in [5.74, 6) is -1.89. The molecule has 1 aromatic heterocycles. The maximum Gasteiger partial charge on any atom is 0.272 e. The average molecular weight is 476 g/mol. The first kappa shape index (κ1) is 23.6. The van der Waals surface area contributed by atoms with Gasteiger partial charge in [-0.05, 0) is 61.9 Å². The second-order valence-electron chi connectivity index (χ2n) is 8.28. The third-order valence-electron chi connectivity index (χ3n) is 5.81. The number of benzene rings is 2. The number of carbonyl (C=O) groups excluding carboxylic acids is 2. The van der Waals surface area contributed by atoms with Crippen LogP contribution in [0.15, 0.2) is 61.2 Å². The summed E-state index contributed by atoms with van der Waals surface area (Å²) in [6.07, 6.45) is 2.42. The van der Waals surface area contributed by atoms with E-state index in [4.69, 9.17) is 5.73 Å². The van der Waals surface area contributed by atoms with Crippen molar-refractivity contribution >= 4 is 43.5 Å². The second-order valence-corrected chi connectivity index (χ2v) is 9.56. The molecule has 4 rings (SSSR count). The van der Waals surface area contributed by atoms with Crippen LogP contribution in [-0.4, -0.2) is 62.8 Å². The Morgan fingerprint density at radius 1 is 1.26 bits per heavy atom. The fourth-order valence-electron chi connectivity index (χ4n) is 3.89. The van der Waals surface area contributed by atoms with Gasteiger partial charge in [-0.1, -0.05) is 30.8 Å². The van der Waals surface area contributed by atoms with Crippen LogP contribution in [0, 0.1) is 0 Å². The largest absolute Gasteiger partial charge is 0.397 e. The van der Waals surface area contributed by atoms with Gasteiger partial charge in [0.2, 0.25) is 5.91 Å². The molecule has 34 heavy (non-hydrogen) atoms. The summed E-state index contributed by atoms with van der Waals surface area (Å²) in [5, 5.41) is 7.37. The topological polar surface area (TPSA) is 100 Å². The average Bonchev–Trinajstić information content (AvgIpc) is 3.00. The number of hydrogen-bond donors (Lipinski definition) is 3. The fourth-order valence-corrected chi connectivity index (χ4v) is 5.07. The monoisotopic (exact) mass is 475 g/mol. The normalized spacial score (nSPS) is 18.8. The number of hydrogen-bond acceptors (Lipinski definition) is 5. The lowest BCUT2D eigenvalue weighted by Crippen LogP contribution is -2.44. The van der Waals surface area contributed by atoms with Crippen molar-refractivity contribution in [3.8, 4) is 11.3 Å². The van der Waals surface area contributed by atoms with E-state index < -0.39 is 17.7 Å². The lowest BCUT2D eigenvalue weighted by molar-refractivity contribution is -0.111. The molecule has 0 bridgehead atoms. The Morgan fingerprint density at radius 3 is 2.88 bits per heavy atom. The minimum absolute atomic E-state index is 0.0685. The van der Waals surface area contributed by atoms with E-state index in [0.717, 1.165) is 16.3 Å². The Kier molecular flexibility index (Phi) is 7.04. The number of pyridine rings is 1. The van der Waals surface area contributed by atoms with Gasteiger partial charge in [-0.2, -0.15) is 0 Å². The van der Waals surface area contributed by atoms with Gasteiger partial charge >= 0.3 is 0 Å². The van der Waals surface area contributed by atoms with Gasteiger partial charge in [0.1, 0.15) is 15.3 Å². The molecule has 1 aliphatic heterocycles.